The van der Waals surface area contributed by atoms with Crippen molar-refractivity contribution < 1.29 is 18.4 Å². The number of rotatable bonds is 7. The van der Waals surface area contributed by atoms with Crippen molar-refractivity contribution in [2.24, 2.45) is 0 Å². The lowest BCUT2D eigenvalue weighted by molar-refractivity contribution is 0.0996. The van der Waals surface area contributed by atoms with E-state index in [-0.39, 0.29) is 23.2 Å². The molecule has 3 rings (SSSR count). The van der Waals surface area contributed by atoms with Gasteiger partial charge in [0.1, 0.15) is 5.76 Å². The number of anilines is 2. The molecule has 8 heteroatoms. The van der Waals surface area contributed by atoms with E-state index in [0.717, 1.165) is 11.3 Å². The Morgan fingerprint density at radius 1 is 0.969 bits per heavy atom. The molecule has 32 heavy (non-hydrogen) atoms. The van der Waals surface area contributed by atoms with Crippen LogP contribution in [0.1, 0.15) is 42.6 Å². The first-order chi connectivity index (χ1) is 15.1. The Hall–Kier alpha value is -3.68. The van der Waals surface area contributed by atoms with Crippen molar-refractivity contribution in [1.29, 1.82) is 0 Å². The number of nitrogens with zero attached hydrogens (tertiary/aromatic N) is 2. The highest BCUT2D eigenvalue weighted by Gasteiger charge is 2.22. The van der Waals surface area contributed by atoms with E-state index in [1.54, 1.807) is 29.4 Å². The summed E-state index contributed by atoms with van der Waals surface area (Å²) in [5, 5.41) is 5.86. The van der Waals surface area contributed by atoms with Crippen molar-refractivity contribution in [2.75, 3.05) is 24.3 Å². The molecule has 0 fully saturated rings. The number of benzene rings is 1. The van der Waals surface area contributed by atoms with Crippen LogP contribution in [-0.4, -0.2) is 36.5 Å². The minimum atomic E-state index is -0.387. The number of carbonyl (C=O) groups is 2. The first-order valence-corrected chi connectivity index (χ1v) is 10.4. The smallest absolute Gasteiger partial charge is 0.318 e. The fourth-order valence-electron chi connectivity index (χ4n) is 3.22. The Labute approximate surface area is 188 Å². The van der Waals surface area contributed by atoms with Gasteiger partial charge in [0.25, 0.3) is 5.91 Å². The molecule has 0 saturated carbocycles. The van der Waals surface area contributed by atoms with Crippen molar-refractivity contribution in [3.8, 4) is 0 Å². The molecule has 0 saturated heterocycles. The first kappa shape index (κ1) is 23.0. The van der Waals surface area contributed by atoms with Crippen LogP contribution in [0.4, 0.5) is 16.2 Å². The lowest BCUT2D eigenvalue weighted by Gasteiger charge is -2.29. The van der Waals surface area contributed by atoms with Crippen molar-refractivity contribution >= 4 is 23.3 Å². The number of carbonyl (C=O) groups excluding carboxylic acids is 2. The zero-order valence-electron chi connectivity index (χ0n) is 19.1. The van der Waals surface area contributed by atoms with Crippen LogP contribution in [0.25, 0.3) is 0 Å². The van der Waals surface area contributed by atoms with Crippen LogP contribution in [0.3, 0.4) is 0 Å². The third-order valence-electron chi connectivity index (χ3n) is 4.62. The summed E-state index contributed by atoms with van der Waals surface area (Å²) in [6.45, 7) is 6.44. The maximum absolute atomic E-state index is 13.1. The van der Waals surface area contributed by atoms with Crippen molar-refractivity contribution in [3.05, 3.63) is 72.1 Å². The number of furan rings is 2. The van der Waals surface area contributed by atoms with Crippen LogP contribution in [0, 0.1) is 0 Å². The summed E-state index contributed by atoms with van der Waals surface area (Å²) in [5.74, 6) is 0.575. The van der Waals surface area contributed by atoms with E-state index in [4.69, 9.17) is 8.83 Å². The second kappa shape index (κ2) is 9.64. The van der Waals surface area contributed by atoms with Crippen molar-refractivity contribution in [1.82, 2.24) is 10.2 Å². The number of hydrogen-bond acceptors (Lipinski definition) is 5. The number of hydrogen-bond donors (Lipinski definition) is 2. The minimum absolute atomic E-state index is 0.205. The Bertz CT molecular complexity index is 1030. The van der Waals surface area contributed by atoms with Crippen LogP contribution in [-0.2, 0) is 13.1 Å². The van der Waals surface area contributed by atoms with Crippen LogP contribution in [0.2, 0.25) is 0 Å². The normalized spacial score (nSPS) is 11.2. The van der Waals surface area contributed by atoms with Crippen LogP contribution in [0.5, 0.6) is 0 Å². The molecule has 3 aromatic rings. The predicted octanol–water partition coefficient (Wildman–Crippen LogP) is 4.70. The van der Waals surface area contributed by atoms with Gasteiger partial charge in [0.05, 0.1) is 25.6 Å². The Morgan fingerprint density at radius 3 is 2.28 bits per heavy atom. The fourth-order valence-corrected chi connectivity index (χ4v) is 3.22. The quantitative estimate of drug-likeness (QED) is 0.558. The third kappa shape index (κ3) is 6.16. The van der Waals surface area contributed by atoms with E-state index in [0.29, 0.717) is 24.5 Å². The molecule has 170 valence electrons. The van der Waals surface area contributed by atoms with E-state index in [1.165, 1.54) is 6.26 Å². The molecule has 8 nitrogen and oxygen atoms in total. The van der Waals surface area contributed by atoms with Gasteiger partial charge in [-0.3, -0.25) is 4.79 Å². The summed E-state index contributed by atoms with van der Waals surface area (Å²) < 4.78 is 10.6. The van der Waals surface area contributed by atoms with Gasteiger partial charge in [0, 0.05) is 31.0 Å². The minimum Gasteiger partial charge on any atom is -0.467 e. The van der Waals surface area contributed by atoms with Crippen molar-refractivity contribution in [3.63, 3.8) is 0 Å². The lowest BCUT2D eigenvalue weighted by Crippen LogP contribution is -2.48. The van der Waals surface area contributed by atoms with Crippen LogP contribution >= 0.6 is 0 Å². The highest BCUT2D eigenvalue weighted by Crippen LogP contribution is 2.26. The maximum Gasteiger partial charge on any atom is 0.318 e. The van der Waals surface area contributed by atoms with Gasteiger partial charge in [-0.2, -0.15) is 0 Å². The third-order valence-corrected chi connectivity index (χ3v) is 4.62. The van der Waals surface area contributed by atoms with Gasteiger partial charge in [-0.15, -0.1) is 0 Å². The molecule has 0 radical (unpaired) electrons. The molecule has 1 aromatic carbocycles. The standard InChI is InChI=1S/C24H30N4O4/c1-24(2,3)26-23(30)28(16-19-8-6-12-31-19)15-17-14-18(10-11-20(17)27(4)5)25-22(29)21-9-7-13-32-21/h6-14H,15-16H2,1-5H3,(H,25,29)(H,26,30). The molecule has 0 aliphatic carbocycles. The summed E-state index contributed by atoms with van der Waals surface area (Å²) in [4.78, 5) is 29.1. The SMILES string of the molecule is CN(C)c1ccc(NC(=O)c2ccco2)cc1CN(Cc1ccco1)C(=O)NC(C)(C)C. The molecular weight excluding hydrogens is 408 g/mol. The Kier molecular flexibility index (Phi) is 6.92. The van der Waals surface area contributed by atoms with E-state index in [9.17, 15) is 9.59 Å². The molecular formula is C24H30N4O4. The second-order valence-corrected chi connectivity index (χ2v) is 8.78. The molecule has 2 N–H and O–H groups in total. The predicted molar refractivity (Wildman–Crippen MR) is 124 cm³/mol. The van der Waals surface area contributed by atoms with Gasteiger partial charge < -0.3 is 29.3 Å². The average molecular weight is 439 g/mol. The summed E-state index contributed by atoms with van der Waals surface area (Å²) >= 11 is 0. The number of urea groups is 1. The zero-order chi connectivity index (χ0) is 23.3. The zero-order valence-corrected chi connectivity index (χ0v) is 19.1. The molecule has 0 spiro atoms. The summed E-state index contributed by atoms with van der Waals surface area (Å²) in [6, 6.07) is 12.3. The van der Waals surface area contributed by atoms with Crippen molar-refractivity contribution in [2.45, 2.75) is 39.4 Å². The summed E-state index contributed by atoms with van der Waals surface area (Å²) in [7, 11) is 3.87. The molecule has 2 aromatic heterocycles. The molecule has 2 heterocycles. The monoisotopic (exact) mass is 438 g/mol. The first-order valence-electron chi connectivity index (χ1n) is 10.4. The molecule has 0 aliphatic rings. The van der Waals surface area contributed by atoms with Gasteiger partial charge in [0.15, 0.2) is 5.76 Å². The summed E-state index contributed by atoms with van der Waals surface area (Å²) in [6.07, 6.45) is 3.04. The van der Waals surface area contributed by atoms with Gasteiger partial charge in [0.2, 0.25) is 0 Å². The highest BCUT2D eigenvalue weighted by atomic mass is 16.3. The van der Waals surface area contributed by atoms with E-state index < -0.39 is 0 Å². The summed E-state index contributed by atoms with van der Waals surface area (Å²) in [5.41, 5.74) is 2.04. The van der Waals surface area contributed by atoms with Gasteiger partial charge in [-0.25, -0.2) is 4.79 Å². The van der Waals surface area contributed by atoms with Crippen LogP contribution < -0.4 is 15.5 Å². The lowest BCUT2D eigenvalue weighted by atomic mass is 10.1. The molecule has 0 unspecified atom stereocenters. The highest BCUT2D eigenvalue weighted by molar-refractivity contribution is 6.02. The Morgan fingerprint density at radius 2 is 1.69 bits per heavy atom. The molecule has 0 aliphatic heterocycles. The topological polar surface area (TPSA) is 91.0 Å². The largest absolute Gasteiger partial charge is 0.467 e. The van der Waals surface area contributed by atoms with Gasteiger partial charge >= 0.3 is 6.03 Å². The Balaban J connectivity index is 1.88. The number of nitrogens with one attached hydrogen (secondary N) is 2. The maximum atomic E-state index is 13.1. The van der Waals surface area contributed by atoms with E-state index >= 15 is 0 Å². The molecule has 3 amide bonds. The van der Waals surface area contributed by atoms with Gasteiger partial charge in [-0.05, 0) is 68.8 Å². The van der Waals surface area contributed by atoms with Crippen LogP contribution in [0.15, 0.2) is 63.8 Å². The second-order valence-electron chi connectivity index (χ2n) is 8.78. The average Bonchev–Trinajstić information content (AvgIpc) is 3.40. The van der Waals surface area contributed by atoms with E-state index in [2.05, 4.69) is 10.6 Å². The van der Waals surface area contributed by atoms with E-state index in [1.807, 2.05) is 64.0 Å². The molecule has 0 atom stereocenters. The number of amides is 3. The molecule has 0 bridgehead atoms. The van der Waals surface area contributed by atoms with Gasteiger partial charge in [-0.1, -0.05) is 0 Å². The fraction of sp³-hybridized carbons (Fsp3) is 0.333.